The number of aliphatic hydroxyl groups excluding tert-OH is 1. The van der Waals surface area contributed by atoms with Crippen molar-refractivity contribution in [1.29, 1.82) is 0 Å². The van der Waals surface area contributed by atoms with Gasteiger partial charge in [0.2, 0.25) is 5.91 Å². The number of carbonyl (C=O) groups excluding carboxylic acids is 1. The lowest BCUT2D eigenvalue weighted by molar-refractivity contribution is -0.137. The topological polar surface area (TPSA) is 66.6 Å². The van der Waals surface area contributed by atoms with Crippen molar-refractivity contribution < 1.29 is 9.90 Å². The molecule has 4 heteroatoms. The Morgan fingerprint density at radius 1 is 1.50 bits per heavy atom. The maximum atomic E-state index is 11.9. The van der Waals surface area contributed by atoms with Crippen LogP contribution in [-0.4, -0.2) is 41.7 Å². The Morgan fingerprint density at radius 2 is 2.12 bits per heavy atom. The zero-order chi connectivity index (χ0) is 12.2. The molecule has 1 fully saturated rings. The molecule has 1 heterocycles. The Labute approximate surface area is 97.8 Å². The van der Waals surface area contributed by atoms with E-state index in [0.29, 0.717) is 6.54 Å². The van der Waals surface area contributed by atoms with Crippen LogP contribution in [0, 0.1) is 5.41 Å². The number of likely N-dealkylation sites (tertiary alicyclic amines) is 1. The molecule has 1 rings (SSSR count). The fraction of sp³-hybridized carbons (Fsp3) is 0.917. The van der Waals surface area contributed by atoms with Crippen LogP contribution in [0.3, 0.4) is 0 Å². The zero-order valence-electron chi connectivity index (χ0n) is 10.4. The van der Waals surface area contributed by atoms with Gasteiger partial charge in [0, 0.05) is 18.5 Å². The first kappa shape index (κ1) is 13.5. The van der Waals surface area contributed by atoms with Gasteiger partial charge >= 0.3 is 0 Å². The van der Waals surface area contributed by atoms with Gasteiger partial charge in [-0.05, 0) is 25.7 Å². The van der Waals surface area contributed by atoms with E-state index in [1.54, 1.807) is 0 Å². The predicted molar refractivity (Wildman–Crippen MR) is 63.9 cm³/mol. The molecule has 0 bridgehead atoms. The maximum absolute atomic E-state index is 11.9. The number of nitrogens with two attached hydrogens (primary N) is 1. The van der Waals surface area contributed by atoms with Crippen LogP contribution < -0.4 is 5.73 Å². The van der Waals surface area contributed by atoms with E-state index in [-0.39, 0.29) is 24.0 Å². The Morgan fingerprint density at radius 3 is 2.62 bits per heavy atom. The lowest BCUT2D eigenvalue weighted by Crippen LogP contribution is -2.52. The van der Waals surface area contributed by atoms with Crippen LogP contribution in [0.15, 0.2) is 0 Å². The molecule has 0 radical (unpaired) electrons. The van der Waals surface area contributed by atoms with E-state index in [1.807, 2.05) is 4.90 Å². The molecule has 16 heavy (non-hydrogen) atoms. The monoisotopic (exact) mass is 228 g/mol. The lowest BCUT2D eigenvalue weighted by Gasteiger charge is -2.39. The van der Waals surface area contributed by atoms with E-state index in [4.69, 9.17) is 5.73 Å². The molecule has 1 saturated heterocycles. The van der Waals surface area contributed by atoms with E-state index in [0.717, 1.165) is 32.2 Å². The van der Waals surface area contributed by atoms with Crippen molar-refractivity contribution in [2.45, 2.75) is 45.6 Å². The molecule has 1 atom stereocenters. The highest BCUT2D eigenvalue weighted by Crippen LogP contribution is 2.28. The van der Waals surface area contributed by atoms with Crippen LogP contribution >= 0.6 is 0 Å². The Hall–Kier alpha value is -0.610. The molecule has 1 aliphatic rings. The smallest absolute Gasteiger partial charge is 0.239 e. The lowest BCUT2D eigenvalue weighted by atomic mass is 9.82. The van der Waals surface area contributed by atoms with Crippen molar-refractivity contribution in [2.24, 2.45) is 11.1 Å². The van der Waals surface area contributed by atoms with Crippen LogP contribution in [0.2, 0.25) is 0 Å². The number of piperidine rings is 1. The number of nitrogens with zero attached hydrogens (tertiary/aromatic N) is 1. The van der Waals surface area contributed by atoms with Crippen molar-refractivity contribution in [1.82, 2.24) is 4.90 Å². The molecule has 0 aromatic heterocycles. The van der Waals surface area contributed by atoms with E-state index in [1.165, 1.54) is 0 Å². The summed E-state index contributed by atoms with van der Waals surface area (Å²) >= 11 is 0. The summed E-state index contributed by atoms with van der Waals surface area (Å²) in [5.74, 6) is 0.0472. The molecule has 4 nitrogen and oxygen atoms in total. The van der Waals surface area contributed by atoms with Gasteiger partial charge in [0.05, 0.1) is 12.6 Å². The predicted octanol–water partition coefficient (Wildman–Crippen LogP) is 0.735. The number of aliphatic hydroxyl groups is 1. The van der Waals surface area contributed by atoms with Crippen LogP contribution in [0.4, 0.5) is 0 Å². The fourth-order valence-electron chi connectivity index (χ4n) is 2.28. The minimum absolute atomic E-state index is 0.0472. The summed E-state index contributed by atoms with van der Waals surface area (Å²) in [5, 5.41) is 9.49. The summed E-state index contributed by atoms with van der Waals surface area (Å²) in [6.45, 7) is 5.69. The Kier molecular flexibility index (Phi) is 4.74. The average Bonchev–Trinajstić information content (AvgIpc) is 2.32. The standard InChI is InChI=1S/C12H24N2O2/c1-3-12(4-2,9-15)8-14-7-5-6-10(13)11(14)16/h10,15H,3-9,13H2,1-2H3. The molecular weight excluding hydrogens is 204 g/mol. The second-order valence-corrected chi connectivity index (χ2v) is 4.87. The minimum atomic E-state index is -0.334. The molecule has 0 aromatic carbocycles. The van der Waals surface area contributed by atoms with E-state index >= 15 is 0 Å². The molecule has 94 valence electrons. The van der Waals surface area contributed by atoms with Gasteiger partial charge in [0.25, 0.3) is 0 Å². The second kappa shape index (κ2) is 5.64. The van der Waals surface area contributed by atoms with Crippen molar-refractivity contribution in [3.63, 3.8) is 0 Å². The van der Waals surface area contributed by atoms with Crippen molar-refractivity contribution >= 4 is 5.91 Å². The summed E-state index contributed by atoms with van der Waals surface area (Å²) in [4.78, 5) is 13.7. The van der Waals surface area contributed by atoms with E-state index in [2.05, 4.69) is 13.8 Å². The van der Waals surface area contributed by atoms with Gasteiger partial charge < -0.3 is 15.7 Å². The van der Waals surface area contributed by atoms with Crippen molar-refractivity contribution in [2.75, 3.05) is 19.7 Å². The average molecular weight is 228 g/mol. The number of carbonyl (C=O) groups is 1. The van der Waals surface area contributed by atoms with E-state index < -0.39 is 0 Å². The molecule has 0 spiro atoms. The van der Waals surface area contributed by atoms with Gasteiger partial charge in [-0.3, -0.25) is 4.79 Å². The highest BCUT2D eigenvalue weighted by Gasteiger charge is 2.33. The summed E-state index contributed by atoms with van der Waals surface area (Å²) in [5.41, 5.74) is 5.61. The molecular formula is C12H24N2O2. The first-order chi connectivity index (χ1) is 7.58. The number of rotatable bonds is 5. The largest absolute Gasteiger partial charge is 0.396 e. The van der Waals surface area contributed by atoms with Gasteiger partial charge in [-0.2, -0.15) is 0 Å². The molecule has 1 aliphatic heterocycles. The quantitative estimate of drug-likeness (QED) is 0.729. The molecule has 0 aromatic rings. The van der Waals surface area contributed by atoms with Gasteiger partial charge in [-0.25, -0.2) is 0 Å². The highest BCUT2D eigenvalue weighted by atomic mass is 16.3. The molecule has 1 unspecified atom stereocenters. The first-order valence-corrected chi connectivity index (χ1v) is 6.24. The molecule has 3 N–H and O–H groups in total. The minimum Gasteiger partial charge on any atom is -0.396 e. The molecule has 0 saturated carbocycles. The van der Waals surface area contributed by atoms with Gasteiger partial charge in [-0.15, -0.1) is 0 Å². The Balaban J connectivity index is 2.67. The van der Waals surface area contributed by atoms with Crippen LogP contribution in [0.5, 0.6) is 0 Å². The fourth-order valence-corrected chi connectivity index (χ4v) is 2.28. The van der Waals surface area contributed by atoms with Crippen LogP contribution in [-0.2, 0) is 4.79 Å². The SMILES string of the molecule is CCC(CC)(CO)CN1CCCC(N)C1=O. The van der Waals surface area contributed by atoms with Crippen LogP contribution in [0.1, 0.15) is 39.5 Å². The third-order valence-corrected chi connectivity index (χ3v) is 3.93. The van der Waals surface area contributed by atoms with Gasteiger partial charge in [-0.1, -0.05) is 13.8 Å². The van der Waals surface area contributed by atoms with Crippen molar-refractivity contribution in [3.8, 4) is 0 Å². The summed E-state index contributed by atoms with van der Waals surface area (Å²) < 4.78 is 0. The highest BCUT2D eigenvalue weighted by molar-refractivity contribution is 5.82. The summed E-state index contributed by atoms with van der Waals surface area (Å²) in [7, 11) is 0. The van der Waals surface area contributed by atoms with Gasteiger partial charge in [0.15, 0.2) is 0 Å². The number of hydrogen-bond acceptors (Lipinski definition) is 3. The normalized spacial score (nSPS) is 22.6. The van der Waals surface area contributed by atoms with Crippen molar-refractivity contribution in [3.05, 3.63) is 0 Å². The summed E-state index contributed by atoms with van der Waals surface area (Å²) in [6, 6.07) is -0.334. The van der Waals surface area contributed by atoms with E-state index in [9.17, 15) is 9.90 Å². The van der Waals surface area contributed by atoms with Gasteiger partial charge in [0.1, 0.15) is 0 Å². The number of amides is 1. The Bertz CT molecular complexity index is 231. The second-order valence-electron chi connectivity index (χ2n) is 4.87. The third kappa shape index (κ3) is 2.74. The van der Waals surface area contributed by atoms with Crippen LogP contribution in [0.25, 0.3) is 0 Å². The number of hydrogen-bond donors (Lipinski definition) is 2. The zero-order valence-corrected chi connectivity index (χ0v) is 10.4. The third-order valence-electron chi connectivity index (χ3n) is 3.93. The molecule has 0 aliphatic carbocycles. The molecule has 1 amide bonds. The maximum Gasteiger partial charge on any atom is 0.239 e. The summed E-state index contributed by atoms with van der Waals surface area (Å²) in [6.07, 6.45) is 3.54. The first-order valence-electron chi connectivity index (χ1n) is 6.24.